The standard InChI is InChI=1S/C18H15FN2O3/c1-4-11-12(7-6-8-14(11)19)16-13(9-20)17(21)24-10(3)15(16)18(22)23-5-2/h1,6-8,16H,5,21H2,2-3H3. The third-order valence-electron chi connectivity index (χ3n) is 3.60. The van der Waals surface area contributed by atoms with Gasteiger partial charge >= 0.3 is 5.97 Å². The van der Waals surface area contributed by atoms with E-state index in [2.05, 4.69) is 5.92 Å². The van der Waals surface area contributed by atoms with E-state index in [-0.39, 0.29) is 40.5 Å². The van der Waals surface area contributed by atoms with Gasteiger partial charge in [0.05, 0.1) is 23.7 Å². The molecule has 5 nitrogen and oxygen atoms in total. The summed E-state index contributed by atoms with van der Waals surface area (Å²) in [4.78, 5) is 12.4. The maximum atomic E-state index is 14.1. The van der Waals surface area contributed by atoms with E-state index >= 15 is 0 Å². The summed E-state index contributed by atoms with van der Waals surface area (Å²) >= 11 is 0. The summed E-state index contributed by atoms with van der Waals surface area (Å²) in [6, 6.07) is 6.12. The van der Waals surface area contributed by atoms with Crippen LogP contribution in [-0.4, -0.2) is 12.6 Å². The number of carbonyl (C=O) groups excluding carboxylic acids is 1. The van der Waals surface area contributed by atoms with Crippen molar-refractivity contribution in [3.8, 4) is 18.4 Å². The first-order valence-electron chi connectivity index (χ1n) is 7.16. The highest BCUT2D eigenvalue weighted by Gasteiger charge is 2.37. The number of ether oxygens (including phenoxy) is 2. The predicted octanol–water partition coefficient (Wildman–Crippen LogP) is 2.45. The molecule has 0 saturated carbocycles. The molecule has 0 amide bonds. The molecule has 2 rings (SSSR count). The summed E-state index contributed by atoms with van der Waals surface area (Å²) in [5.74, 6) is 0.0393. The summed E-state index contributed by atoms with van der Waals surface area (Å²) < 4.78 is 24.4. The fraction of sp³-hybridized carbons (Fsp3) is 0.222. The van der Waals surface area contributed by atoms with E-state index in [1.54, 1.807) is 13.0 Å². The molecule has 0 saturated heterocycles. The largest absolute Gasteiger partial charge is 0.463 e. The number of nitrogens with two attached hydrogens (primary N) is 1. The molecule has 122 valence electrons. The molecule has 0 aromatic heterocycles. The summed E-state index contributed by atoms with van der Waals surface area (Å²) in [7, 11) is 0. The number of hydrogen-bond donors (Lipinski definition) is 1. The Hall–Kier alpha value is -3.25. The minimum absolute atomic E-state index is 0.0225. The van der Waals surface area contributed by atoms with Gasteiger partial charge in [-0.05, 0) is 25.5 Å². The van der Waals surface area contributed by atoms with Gasteiger partial charge in [-0.25, -0.2) is 9.18 Å². The molecule has 1 atom stereocenters. The van der Waals surface area contributed by atoms with Crippen LogP contribution in [0.25, 0.3) is 0 Å². The van der Waals surface area contributed by atoms with Crippen molar-refractivity contribution >= 4 is 5.97 Å². The number of nitrogens with zero attached hydrogens (tertiary/aromatic N) is 1. The van der Waals surface area contributed by atoms with Crippen LogP contribution in [0.2, 0.25) is 0 Å². The lowest BCUT2D eigenvalue weighted by atomic mass is 9.81. The van der Waals surface area contributed by atoms with Crippen molar-refractivity contribution in [3.05, 3.63) is 57.9 Å². The van der Waals surface area contributed by atoms with Crippen LogP contribution in [0.1, 0.15) is 30.9 Å². The zero-order valence-electron chi connectivity index (χ0n) is 13.2. The SMILES string of the molecule is C#Cc1c(F)cccc1C1C(C#N)=C(N)OC(C)=C1C(=O)OCC. The molecule has 0 aliphatic carbocycles. The molecule has 6 heteroatoms. The normalized spacial score (nSPS) is 17.0. The molecule has 1 aromatic rings. The second kappa shape index (κ2) is 6.89. The van der Waals surface area contributed by atoms with Crippen LogP contribution in [0.15, 0.2) is 41.0 Å². The van der Waals surface area contributed by atoms with Crippen molar-refractivity contribution in [1.82, 2.24) is 0 Å². The Morgan fingerprint density at radius 3 is 2.83 bits per heavy atom. The Bertz CT molecular complexity index is 841. The van der Waals surface area contributed by atoms with E-state index in [1.807, 2.05) is 6.07 Å². The third-order valence-corrected chi connectivity index (χ3v) is 3.60. The van der Waals surface area contributed by atoms with Gasteiger partial charge in [-0.3, -0.25) is 0 Å². The highest BCUT2D eigenvalue weighted by Crippen LogP contribution is 2.41. The Labute approximate surface area is 139 Å². The minimum atomic E-state index is -0.954. The molecule has 0 fully saturated rings. The summed E-state index contributed by atoms with van der Waals surface area (Å²) in [6.07, 6.45) is 5.41. The summed E-state index contributed by atoms with van der Waals surface area (Å²) in [5, 5.41) is 9.45. The highest BCUT2D eigenvalue weighted by molar-refractivity contribution is 5.92. The maximum Gasteiger partial charge on any atom is 0.338 e. The van der Waals surface area contributed by atoms with Gasteiger partial charge in [-0.1, -0.05) is 18.1 Å². The molecule has 1 aliphatic rings. The van der Waals surface area contributed by atoms with Gasteiger partial charge in [0.2, 0.25) is 5.88 Å². The molecular weight excluding hydrogens is 311 g/mol. The lowest BCUT2D eigenvalue weighted by molar-refractivity contribution is -0.139. The molecule has 0 radical (unpaired) electrons. The molecule has 1 aromatic carbocycles. The quantitative estimate of drug-likeness (QED) is 0.681. The van der Waals surface area contributed by atoms with Crippen LogP contribution >= 0.6 is 0 Å². The number of halogens is 1. The molecule has 2 N–H and O–H groups in total. The number of nitriles is 1. The van der Waals surface area contributed by atoms with Crippen LogP contribution < -0.4 is 5.73 Å². The number of rotatable bonds is 3. The van der Waals surface area contributed by atoms with Gasteiger partial charge in [0, 0.05) is 0 Å². The molecule has 24 heavy (non-hydrogen) atoms. The molecule has 1 aliphatic heterocycles. The molecule has 1 heterocycles. The Morgan fingerprint density at radius 1 is 1.54 bits per heavy atom. The lowest BCUT2D eigenvalue weighted by Gasteiger charge is -2.27. The van der Waals surface area contributed by atoms with Crippen LogP contribution in [0.3, 0.4) is 0 Å². The van der Waals surface area contributed by atoms with E-state index in [9.17, 15) is 14.4 Å². The number of benzene rings is 1. The monoisotopic (exact) mass is 326 g/mol. The topological polar surface area (TPSA) is 85.3 Å². The first kappa shape index (κ1) is 17.1. The number of allylic oxidation sites excluding steroid dienone is 2. The second-order valence-electron chi connectivity index (χ2n) is 4.96. The number of esters is 1. The average Bonchev–Trinajstić information content (AvgIpc) is 2.54. The number of hydrogen-bond acceptors (Lipinski definition) is 5. The first-order valence-corrected chi connectivity index (χ1v) is 7.16. The van der Waals surface area contributed by atoms with Gasteiger partial charge in [0.15, 0.2) is 0 Å². The van der Waals surface area contributed by atoms with Gasteiger partial charge < -0.3 is 15.2 Å². The zero-order chi connectivity index (χ0) is 17.9. The van der Waals surface area contributed by atoms with Crippen LogP contribution in [-0.2, 0) is 14.3 Å². The van der Waals surface area contributed by atoms with Crippen molar-refractivity contribution in [2.75, 3.05) is 6.61 Å². The fourth-order valence-electron chi connectivity index (χ4n) is 2.60. The number of terminal acetylenes is 1. The van der Waals surface area contributed by atoms with Gasteiger partial charge in [-0.2, -0.15) is 5.26 Å². The number of carbonyl (C=O) groups is 1. The highest BCUT2D eigenvalue weighted by atomic mass is 19.1. The van der Waals surface area contributed by atoms with Gasteiger partial charge in [0.25, 0.3) is 0 Å². The van der Waals surface area contributed by atoms with Crippen LogP contribution in [0, 0.1) is 29.5 Å². The summed E-state index contributed by atoms with van der Waals surface area (Å²) in [5.41, 5.74) is 6.07. The van der Waals surface area contributed by atoms with Crippen LogP contribution in [0.4, 0.5) is 4.39 Å². The minimum Gasteiger partial charge on any atom is -0.463 e. The van der Waals surface area contributed by atoms with Crippen molar-refractivity contribution in [2.45, 2.75) is 19.8 Å². The Balaban J connectivity index is 2.75. The molecule has 0 bridgehead atoms. The fourth-order valence-corrected chi connectivity index (χ4v) is 2.60. The maximum absolute atomic E-state index is 14.1. The zero-order valence-corrected chi connectivity index (χ0v) is 13.2. The average molecular weight is 326 g/mol. The Kier molecular flexibility index (Phi) is 4.91. The van der Waals surface area contributed by atoms with Crippen LogP contribution in [0.5, 0.6) is 0 Å². The molecule has 1 unspecified atom stereocenters. The van der Waals surface area contributed by atoms with Crippen molar-refractivity contribution in [3.63, 3.8) is 0 Å². The second-order valence-corrected chi connectivity index (χ2v) is 4.96. The van der Waals surface area contributed by atoms with E-state index in [4.69, 9.17) is 21.6 Å². The van der Waals surface area contributed by atoms with Crippen molar-refractivity contribution < 1.29 is 18.7 Å². The van der Waals surface area contributed by atoms with Crippen molar-refractivity contribution in [2.24, 2.45) is 5.73 Å². The lowest BCUT2D eigenvalue weighted by Crippen LogP contribution is -2.26. The van der Waals surface area contributed by atoms with E-state index < -0.39 is 17.7 Å². The summed E-state index contributed by atoms with van der Waals surface area (Å²) in [6.45, 7) is 3.31. The predicted molar refractivity (Wildman–Crippen MR) is 84.3 cm³/mol. The smallest absolute Gasteiger partial charge is 0.338 e. The van der Waals surface area contributed by atoms with E-state index in [0.717, 1.165) is 0 Å². The first-order chi connectivity index (χ1) is 11.5. The molecule has 0 spiro atoms. The molecular formula is C18H15FN2O3. The third kappa shape index (κ3) is 2.82. The Morgan fingerprint density at radius 2 is 2.25 bits per heavy atom. The van der Waals surface area contributed by atoms with E-state index in [1.165, 1.54) is 19.1 Å². The van der Waals surface area contributed by atoms with Gasteiger partial charge in [-0.15, -0.1) is 6.42 Å². The van der Waals surface area contributed by atoms with E-state index in [0.29, 0.717) is 0 Å². The van der Waals surface area contributed by atoms with Gasteiger partial charge in [0.1, 0.15) is 23.2 Å². The van der Waals surface area contributed by atoms with Crippen molar-refractivity contribution in [1.29, 1.82) is 5.26 Å².